The molecular formula is C24H25FN2O3S. The number of nitrogens with one attached hydrogen (secondary N) is 2. The fourth-order valence-corrected chi connectivity index (χ4v) is 4.59. The molecule has 5 nitrogen and oxygen atoms in total. The molecule has 0 unspecified atom stereocenters. The first-order chi connectivity index (χ1) is 14.8. The summed E-state index contributed by atoms with van der Waals surface area (Å²) in [5.41, 5.74) is 1.70. The number of carbonyl (C=O) groups is 1. The zero-order valence-corrected chi connectivity index (χ0v) is 18.2. The predicted molar refractivity (Wildman–Crippen MR) is 119 cm³/mol. The Labute approximate surface area is 182 Å². The van der Waals surface area contributed by atoms with Gasteiger partial charge in [0.25, 0.3) is 5.91 Å². The normalized spacial score (nSPS) is 11.6. The summed E-state index contributed by atoms with van der Waals surface area (Å²) in [5, 5.41) is 2.76. The van der Waals surface area contributed by atoms with Crippen molar-refractivity contribution in [3.63, 3.8) is 0 Å². The maximum Gasteiger partial charge on any atom is 0.254 e. The molecule has 0 aliphatic rings. The van der Waals surface area contributed by atoms with E-state index in [9.17, 15) is 17.6 Å². The van der Waals surface area contributed by atoms with Gasteiger partial charge in [-0.3, -0.25) is 4.79 Å². The van der Waals surface area contributed by atoms with Crippen LogP contribution >= 0.6 is 0 Å². The van der Waals surface area contributed by atoms with Crippen molar-refractivity contribution in [3.8, 4) is 0 Å². The van der Waals surface area contributed by atoms with Gasteiger partial charge in [-0.2, -0.15) is 0 Å². The van der Waals surface area contributed by atoms with Crippen LogP contribution in [-0.4, -0.2) is 26.9 Å². The lowest BCUT2D eigenvalue weighted by Gasteiger charge is -2.19. The molecule has 162 valence electrons. The molecule has 0 saturated carbocycles. The predicted octanol–water partition coefficient (Wildman–Crippen LogP) is 4.07. The van der Waals surface area contributed by atoms with Crippen molar-refractivity contribution in [2.75, 3.05) is 6.54 Å². The average Bonchev–Trinajstić information content (AvgIpc) is 2.74. The summed E-state index contributed by atoms with van der Waals surface area (Å²) in [7, 11) is -3.85. The third-order valence-corrected chi connectivity index (χ3v) is 6.41. The third kappa shape index (κ3) is 5.77. The Morgan fingerprint density at radius 1 is 0.903 bits per heavy atom. The summed E-state index contributed by atoms with van der Waals surface area (Å²) < 4.78 is 41.6. The van der Waals surface area contributed by atoms with Gasteiger partial charge in [-0.15, -0.1) is 0 Å². The highest BCUT2D eigenvalue weighted by molar-refractivity contribution is 7.89. The lowest BCUT2D eigenvalue weighted by atomic mass is 9.91. The number of amides is 1. The number of halogens is 1. The molecule has 1 amide bonds. The Kier molecular flexibility index (Phi) is 7.20. The summed E-state index contributed by atoms with van der Waals surface area (Å²) in [6, 6.07) is 22.3. The molecular weight excluding hydrogens is 415 g/mol. The van der Waals surface area contributed by atoms with E-state index in [4.69, 9.17) is 0 Å². The highest BCUT2D eigenvalue weighted by Crippen LogP contribution is 2.24. The van der Waals surface area contributed by atoms with E-state index in [0.717, 1.165) is 29.3 Å². The number of benzene rings is 3. The molecule has 0 radical (unpaired) electrons. The summed E-state index contributed by atoms with van der Waals surface area (Å²) in [5.74, 6) is -1.59. The fraction of sp³-hybridized carbons (Fsp3) is 0.208. The van der Waals surface area contributed by atoms with E-state index in [1.54, 1.807) is 13.8 Å². The number of hydrogen-bond donors (Lipinski definition) is 2. The SMILES string of the molecule is CC(C)NS(=O)(=O)c1ccc(F)c(C(=O)NCC(c2ccccc2)c2ccccc2)c1. The van der Waals surface area contributed by atoms with E-state index in [1.807, 2.05) is 60.7 Å². The van der Waals surface area contributed by atoms with Crippen LogP contribution in [0.2, 0.25) is 0 Å². The van der Waals surface area contributed by atoms with E-state index in [2.05, 4.69) is 10.0 Å². The summed E-state index contributed by atoms with van der Waals surface area (Å²) in [4.78, 5) is 12.6. The highest BCUT2D eigenvalue weighted by atomic mass is 32.2. The van der Waals surface area contributed by atoms with Gasteiger partial charge in [0.1, 0.15) is 5.82 Å². The van der Waals surface area contributed by atoms with E-state index in [0.29, 0.717) is 0 Å². The fourth-order valence-electron chi connectivity index (χ4n) is 3.31. The van der Waals surface area contributed by atoms with Crippen molar-refractivity contribution < 1.29 is 17.6 Å². The Morgan fingerprint density at radius 3 is 1.97 bits per heavy atom. The van der Waals surface area contributed by atoms with Gasteiger partial charge in [0.05, 0.1) is 10.5 Å². The van der Waals surface area contributed by atoms with Crippen LogP contribution in [0.4, 0.5) is 4.39 Å². The summed E-state index contributed by atoms with van der Waals surface area (Å²) in [6.07, 6.45) is 0. The number of rotatable bonds is 8. The van der Waals surface area contributed by atoms with Crippen LogP contribution < -0.4 is 10.0 Å². The van der Waals surface area contributed by atoms with E-state index in [-0.39, 0.29) is 29.0 Å². The number of hydrogen-bond acceptors (Lipinski definition) is 3. The van der Waals surface area contributed by atoms with Crippen LogP contribution in [0, 0.1) is 5.82 Å². The van der Waals surface area contributed by atoms with Gasteiger partial charge < -0.3 is 5.32 Å². The smallest absolute Gasteiger partial charge is 0.254 e. The standard InChI is InChI=1S/C24H25FN2O3S/c1-17(2)27-31(29,30)20-13-14-23(25)21(15-20)24(28)26-16-22(18-9-5-3-6-10-18)19-11-7-4-8-12-19/h3-15,17,22,27H,16H2,1-2H3,(H,26,28). The molecule has 31 heavy (non-hydrogen) atoms. The topological polar surface area (TPSA) is 75.3 Å². The van der Waals surface area contributed by atoms with Crippen LogP contribution in [-0.2, 0) is 10.0 Å². The maximum atomic E-state index is 14.4. The monoisotopic (exact) mass is 440 g/mol. The average molecular weight is 441 g/mol. The van der Waals surface area contributed by atoms with Crippen molar-refractivity contribution in [1.82, 2.24) is 10.0 Å². The lowest BCUT2D eigenvalue weighted by molar-refractivity contribution is 0.0948. The first-order valence-electron chi connectivity index (χ1n) is 9.98. The van der Waals surface area contributed by atoms with Crippen molar-refractivity contribution in [2.45, 2.75) is 30.7 Å². The number of carbonyl (C=O) groups excluding carboxylic acids is 1. The van der Waals surface area contributed by atoms with Crippen molar-refractivity contribution in [2.24, 2.45) is 0 Å². The van der Waals surface area contributed by atoms with Crippen LogP contribution in [0.5, 0.6) is 0 Å². The quantitative estimate of drug-likeness (QED) is 0.554. The minimum Gasteiger partial charge on any atom is -0.351 e. The Balaban J connectivity index is 1.84. The van der Waals surface area contributed by atoms with Gasteiger partial charge in [0, 0.05) is 18.5 Å². The van der Waals surface area contributed by atoms with Crippen LogP contribution in [0.1, 0.15) is 41.3 Å². The Morgan fingerprint density at radius 2 is 1.45 bits per heavy atom. The minimum absolute atomic E-state index is 0.135. The second kappa shape index (κ2) is 9.85. The molecule has 0 fully saturated rings. The zero-order chi connectivity index (χ0) is 22.4. The van der Waals surface area contributed by atoms with Gasteiger partial charge in [-0.05, 0) is 43.2 Å². The molecule has 0 aliphatic carbocycles. The molecule has 3 aromatic rings. The molecule has 7 heteroatoms. The molecule has 0 heterocycles. The molecule has 0 atom stereocenters. The molecule has 0 aromatic heterocycles. The van der Waals surface area contributed by atoms with Crippen molar-refractivity contribution in [1.29, 1.82) is 0 Å². The van der Waals surface area contributed by atoms with Gasteiger partial charge in [0.15, 0.2) is 0 Å². The molecule has 0 bridgehead atoms. The van der Waals surface area contributed by atoms with Gasteiger partial charge in [-0.25, -0.2) is 17.5 Å². The maximum absolute atomic E-state index is 14.4. The third-order valence-electron chi connectivity index (χ3n) is 4.75. The van der Waals surface area contributed by atoms with E-state index in [1.165, 1.54) is 0 Å². The zero-order valence-electron chi connectivity index (χ0n) is 17.4. The largest absolute Gasteiger partial charge is 0.351 e. The van der Waals surface area contributed by atoms with Crippen molar-refractivity contribution in [3.05, 3.63) is 101 Å². The Bertz CT molecular complexity index is 1090. The van der Waals surface area contributed by atoms with E-state index >= 15 is 0 Å². The van der Waals surface area contributed by atoms with Gasteiger partial charge in [-0.1, -0.05) is 60.7 Å². The second-order valence-corrected chi connectivity index (χ2v) is 9.22. The molecule has 0 saturated heterocycles. The van der Waals surface area contributed by atoms with E-state index < -0.39 is 21.7 Å². The van der Waals surface area contributed by atoms with Gasteiger partial charge in [0.2, 0.25) is 10.0 Å². The summed E-state index contributed by atoms with van der Waals surface area (Å²) >= 11 is 0. The van der Waals surface area contributed by atoms with Crippen LogP contribution in [0.3, 0.4) is 0 Å². The van der Waals surface area contributed by atoms with Gasteiger partial charge >= 0.3 is 0 Å². The summed E-state index contributed by atoms with van der Waals surface area (Å²) in [6.45, 7) is 3.59. The first-order valence-corrected chi connectivity index (χ1v) is 11.5. The molecule has 0 aliphatic heterocycles. The number of sulfonamides is 1. The minimum atomic E-state index is -3.85. The van der Waals surface area contributed by atoms with Crippen LogP contribution in [0.25, 0.3) is 0 Å². The lowest BCUT2D eigenvalue weighted by Crippen LogP contribution is -2.32. The second-order valence-electron chi connectivity index (χ2n) is 7.50. The Hall–Kier alpha value is -3.03. The van der Waals surface area contributed by atoms with Crippen LogP contribution in [0.15, 0.2) is 83.8 Å². The molecule has 3 aromatic carbocycles. The molecule has 0 spiro atoms. The first kappa shape index (κ1) is 22.7. The van der Waals surface area contributed by atoms with Crippen molar-refractivity contribution >= 4 is 15.9 Å². The molecule has 3 rings (SSSR count). The highest BCUT2D eigenvalue weighted by Gasteiger charge is 2.21. The molecule has 2 N–H and O–H groups in total.